The first-order chi connectivity index (χ1) is 15.3. The molecule has 0 saturated heterocycles. The van der Waals surface area contributed by atoms with Gasteiger partial charge in [-0.2, -0.15) is 0 Å². The number of nitrogens with zero attached hydrogens (tertiary/aromatic N) is 3. The first kappa shape index (κ1) is 18.9. The average Bonchev–Trinajstić information content (AvgIpc) is 2.82. The fourth-order valence-corrected chi connectivity index (χ4v) is 3.82. The van der Waals surface area contributed by atoms with E-state index in [1.807, 2.05) is 60.7 Å². The highest BCUT2D eigenvalue weighted by Crippen LogP contribution is 2.37. The van der Waals surface area contributed by atoms with Crippen molar-refractivity contribution < 1.29 is 4.74 Å². The van der Waals surface area contributed by atoms with E-state index in [1.54, 1.807) is 6.33 Å². The third-order valence-corrected chi connectivity index (χ3v) is 5.32. The number of hydrogen-bond donors (Lipinski definition) is 2. The van der Waals surface area contributed by atoms with Crippen LogP contribution < -0.4 is 20.7 Å². The maximum Gasteiger partial charge on any atom is 0.161 e. The third kappa shape index (κ3) is 4.00. The van der Waals surface area contributed by atoms with Crippen LogP contribution in [-0.2, 0) is 6.42 Å². The summed E-state index contributed by atoms with van der Waals surface area (Å²) in [6.07, 6.45) is 3.68. The van der Waals surface area contributed by atoms with Gasteiger partial charge in [0, 0.05) is 17.9 Å². The van der Waals surface area contributed by atoms with Crippen LogP contribution >= 0.6 is 0 Å². The highest BCUT2D eigenvalue weighted by atomic mass is 16.5. The molecule has 0 aliphatic carbocycles. The second-order valence-corrected chi connectivity index (χ2v) is 7.41. The molecular weight excluding hydrogens is 386 g/mol. The Morgan fingerprint density at radius 3 is 2.42 bits per heavy atom. The number of hydrogen-bond acceptors (Lipinski definition) is 6. The molecule has 2 heterocycles. The van der Waals surface area contributed by atoms with Gasteiger partial charge in [0.25, 0.3) is 0 Å². The summed E-state index contributed by atoms with van der Waals surface area (Å²) in [6.45, 7) is 0.878. The number of nitrogens with one attached hydrogen (secondary N) is 1. The largest absolute Gasteiger partial charge is 0.457 e. The Bertz CT molecular complexity index is 1180. The van der Waals surface area contributed by atoms with Crippen molar-refractivity contribution in [3.05, 3.63) is 90.8 Å². The minimum atomic E-state index is 0.531. The molecule has 0 saturated carbocycles. The Balaban J connectivity index is 1.36. The highest BCUT2D eigenvalue weighted by Gasteiger charge is 2.22. The van der Waals surface area contributed by atoms with Gasteiger partial charge in [-0.25, -0.2) is 9.97 Å². The molecule has 3 aromatic carbocycles. The number of para-hydroxylation sites is 2. The van der Waals surface area contributed by atoms with Crippen LogP contribution in [0.3, 0.4) is 0 Å². The van der Waals surface area contributed by atoms with Crippen molar-refractivity contribution in [2.75, 3.05) is 22.5 Å². The second-order valence-electron chi connectivity index (χ2n) is 7.41. The van der Waals surface area contributed by atoms with Gasteiger partial charge in [-0.05, 0) is 60.9 Å². The molecule has 1 aliphatic rings. The van der Waals surface area contributed by atoms with Gasteiger partial charge in [-0.3, -0.25) is 0 Å². The van der Waals surface area contributed by atoms with Crippen LogP contribution in [0.5, 0.6) is 11.5 Å². The van der Waals surface area contributed by atoms with Crippen LogP contribution in [0.2, 0.25) is 0 Å². The topological polar surface area (TPSA) is 76.3 Å². The predicted octanol–water partition coefficient (Wildman–Crippen LogP) is 5.68. The third-order valence-electron chi connectivity index (χ3n) is 5.32. The first-order valence-corrected chi connectivity index (χ1v) is 10.3. The van der Waals surface area contributed by atoms with Gasteiger partial charge in [0.1, 0.15) is 23.5 Å². The lowest BCUT2D eigenvalue weighted by Crippen LogP contribution is -2.26. The maximum absolute atomic E-state index is 6.50. The fraction of sp³-hybridized carbons (Fsp3) is 0.120. The van der Waals surface area contributed by atoms with Gasteiger partial charge in [0.2, 0.25) is 0 Å². The van der Waals surface area contributed by atoms with Crippen molar-refractivity contribution in [3.8, 4) is 11.5 Å². The first-order valence-electron chi connectivity index (χ1n) is 10.3. The molecule has 154 valence electrons. The second kappa shape index (κ2) is 8.36. The van der Waals surface area contributed by atoms with E-state index in [2.05, 4.69) is 38.4 Å². The number of ether oxygens (including phenoxy) is 1. The molecule has 0 fully saturated rings. The Morgan fingerprint density at radius 2 is 1.58 bits per heavy atom. The van der Waals surface area contributed by atoms with E-state index in [0.717, 1.165) is 48.1 Å². The lowest BCUT2D eigenvalue weighted by Gasteiger charge is -2.31. The smallest absolute Gasteiger partial charge is 0.161 e. The summed E-state index contributed by atoms with van der Waals surface area (Å²) in [5, 5.41) is 3.31. The molecule has 0 amide bonds. The van der Waals surface area contributed by atoms with Crippen LogP contribution in [-0.4, -0.2) is 16.5 Å². The van der Waals surface area contributed by atoms with Crippen molar-refractivity contribution in [2.24, 2.45) is 0 Å². The Morgan fingerprint density at radius 1 is 0.839 bits per heavy atom. The molecule has 0 spiro atoms. The van der Waals surface area contributed by atoms with Crippen LogP contribution in [0.25, 0.3) is 0 Å². The van der Waals surface area contributed by atoms with E-state index >= 15 is 0 Å². The average molecular weight is 409 g/mol. The van der Waals surface area contributed by atoms with Crippen LogP contribution in [0.1, 0.15) is 12.0 Å². The highest BCUT2D eigenvalue weighted by molar-refractivity contribution is 5.82. The molecule has 6 heteroatoms. The number of benzene rings is 3. The summed E-state index contributed by atoms with van der Waals surface area (Å²) in [4.78, 5) is 11.0. The standard InChI is InChI=1S/C25H23N5O/c26-23-24(29-19-12-14-21(15-13-19)31-20-9-2-1-3-10-20)27-17-28-25(23)30-16-6-8-18-7-4-5-11-22(18)30/h1-5,7,9-15,17H,6,8,16,26H2,(H,27,28,29). The molecule has 31 heavy (non-hydrogen) atoms. The SMILES string of the molecule is Nc1c(Nc2ccc(Oc3ccccc3)cc2)ncnc1N1CCCc2ccccc21. The van der Waals surface area contributed by atoms with E-state index in [0.29, 0.717) is 11.5 Å². The van der Waals surface area contributed by atoms with Crippen molar-refractivity contribution in [1.29, 1.82) is 0 Å². The number of rotatable bonds is 5. The van der Waals surface area contributed by atoms with Gasteiger partial charge >= 0.3 is 0 Å². The molecule has 6 nitrogen and oxygen atoms in total. The number of nitrogens with two attached hydrogens (primary N) is 1. The molecule has 0 unspecified atom stereocenters. The van der Waals surface area contributed by atoms with Gasteiger partial charge < -0.3 is 20.7 Å². The summed E-state index contributed by atoms with van der Waals surface area (Å²) in [5.74, 6) is 2.88. The summed E-state index contributed by atoms with van der Waals surface area (Å²) in [5.41, 5.74) is 10.4. The van der Waals surface area contributed by atoms with Gasteiger partial charge in [-0.1, -0.05) is 36.4 Å². The number of anilines is 5. The minimum Gasteiger partial charge on any atom is -0.457 e. The predicted molar refractivity (Wildman–Crippen MR) is 124 cm³/mol. The van der Waals surface area contributed by atoms with Crippen LogP contribution in [0.4, 0.5) is 28.7 Å². The minimum absolute atomic E-state index is 0.531. The number of nitrogen functional groups attached to an aromatic ring is 1. The maximum atomic E-state index is 6.50. The van der Waals surface area contributed by atoms with E-state index in [-0.39, 0.29) is 0 Å². The molecular formula is C25H23N5O. The van der Waals surface area contributed by atoms with E-state index in [9.17, 15) is 0 Å². The van der Waals surface area contributed by atoms with E-state index in [1.165, 1.54) is 5.56 Å². The zero-order chi connectivity index (χ0) is 21.0. The Hall–Kier alpha value is -4.06. The molecule has 3 N–H and O–H groups in total. The molecule has 5 rings (SSSR count). The number of fused-ring (bicyclic) bond motifs is 1. The van der Waals surface area contributed by atoms with Crippen molar-refractivity contribution in [2.45, 2.75) is 12.8 Å². The number of aryl methyl sites for hydroxylation is 1. The fourth-order valence-electron chi connectivity index (χ4n) is 3.82. The normalized spacial score (nSPS) is 12.8. The van der Waals surface area contributed by atoms with Crippen molar-refractivity contribution in [3.63, 3.8) is 0 Å². The summed E-state index contributed by atoms with van der Waals surface area (Å²) in [7, 11) is 0. The molecule has 0 bridgehead atoms. The zero-order valence-electron chi connectivity index (χ0n) is 17.0. The quantitative estimate of drug-likeness (QED) is 0.442. The molecule has 1 aliphatic heterocycles. The van der Waals surface area contributed by atoms with Gasteiger partial charge in [0.05, 0.1) is 0 Å². The summed E-state index contributed by atoms with van der Waals surface area (Å²) >= 11 is 0. The Kier molecular flexibility index (Phi) is 5.10. The van der Waals surface area contributed by atoms with Crippen LogP contribution in [0.15, 0.2) is 85.2 Å². The molecule has 4 aromatic rings. The van der Waals surface area contributed by atoms with Crippen molar-refractivity contribution >= 4 is 28.7 Å². The summed E-state index contributed by atoms with van der Waals surface area (Å²) < 4.78 is 5.85. The number of aromatic nitrogens is 2. The van der Waals surface area contributed by atoms with E-state index < -0.39 is 0 Å². The molecule has 0 atom stereocenters. The van der Waals surface area contributed by atoms with Gasteiger partial charge in [-0.15, -0.1) is 0 Å². The lowest BCUT2D eigenvalue weighted by molar-refractivity contribution is 0.483. The summed E-state index contributed by atoms with van der Waals surface area (Å²) in [6, 6.07) is 25.8. The molecule has 0 radical (unpaired) electrons. The molecule has 1 aromatic heterocycles. The Labute approximate surface area is 181 Å². The lowest BCUT2D eigenvalue weighted by atomic mass is 10.0. The van der Waals surface area contributed by atoms with E-state index in [4.69, 9.17) is 10.5 Å². The zero-order valence-corrected chi connectivity index (χ0v) is 17.0. The monoisotopic (exact) mass is 409 g/mol. The van der Waals surface area contributed by atoms with Gasteiger partial charge in [0.15, 0.2) is 11.6 Å². The van der Waals surface area contributed by atoms with Crippen LogP contribution in [0, 0.1) is 0 Å². The van der Waals surface area contributed by atoms with Crippen molar-refractivity contribution in [1.82, 2.24) is 9.97 Å².